The van der Waals surface area contributed by atoms with Gasteiger partial charge in [-0.15, -0.1) is 12.3 Å². The number of aryl methyl sites for hydroxylation is 1. The van der Waals surface area contributed by atoms with Crippen molar-refractivity contribution in [2.75, 3.05) is 0 Å². The molecule has 0 aliphatic heterocycles. The van der Waals surface area contributed by atoms with Gasteiger partial charge in [-0.3, -0.25) is 0 Å². The average molecular weight is 246 g/mol. The largest absolute Gasteiger partial charge is 0.469 e. The third-order valence-corrected chi connectivity index (χ3v) is 1.85. The molecule has 18 heavy (non-hydrogen) atoms. The van der Waals surface area contributed by atoms with Crippen molar-refractivity contribution < 1.29 is 4.42 Å². The second-order valence-corrected chi connectivity index (χ2v) is 3.01. The maximum absolute atomic E-state index is 5.25. The molecule has 0 aliphatic rings. The fourth-order valence-electron chi connectivity index (χ4n) is 1.23. The molecule has 1 rings (SSSR count). The first-order chi connectivity index (χ1) is 8.77. The van der Waals surface area contributed by atoms with Crippen LogP contribution in [0.3, 0.4) is 0 Å². The topological polar surface area (TPSA) is 13.1 Å². The standard InChI is InChI=1S/C13H14O.2C2H6/c1-4-6-8-12(7-5-2)13-9-11(3)14-10-13;2*1-2/h1,5,7-10H,6H2,2-3H3;2*1-2H3/b7-5-,12-8+;;. The van der Waals surface area contributed by atoms with E-state index in [1.807, 2.05) is 65.8 Å². The lowest BCUT2D eigenvalue weighted by molar-refractivity contribution is 0.533. The lowest BCUT2D eigenvalue weighted by atomic mass is 10.1. The van der Waals surface area contributed by atoms with E-state index >= 15 is 0 Å². The van der Waals surface area contributed by atoms with E-state index in [0.29, 0.717) is 6.42 Å². The molecule has 0 amide bonds. The van der Waals surface area contributed by atoms with Crippen molar-refractivity contribution in [3.05, 3.63) is 41.9 Å². The Balaban J connectivity index is 0. The molecule has 1 heterocycles. The van der Waals surface area contributed by atoms with Crippen molar-refractivity contribution in [3.8, 4) is 12.3 Å². The SMILES string of the molecule is C#CC/C=C(\C=C/C)c1coc(C)c1.CC.CC. The van der Waals surface area contributed by atoms with Crippen LogP contribution in [0, 0.1) is 19.3 Å². The lowest BCUT2D eigenvalue weighted by Gasteiger charge is -1.95. The van der Waals surface area contributed by atoms with Crippen LogP contribution >= 0.6 is 0 Å². The van der Waals surface area contributed by atoms with Gasteiger partial charge in [0.05, 0.1) is 6.26 Å². The summed E-state index contributed by atoms with van der Waals surface area (Å²) in [6, 6.07) is 2.00. The molecule has 0 aromatic carbocycles. The van der Waals surface area contributed by atoms with Gasteiger partial charge in [0, 0.05) is 12.0 Å². The van der Waals surface area contributed by atoms with E-state index < -0.39 is 0 Å². The summed E-state index contributed by atoms with van der Waals surface area (Å²) in [7, 11) is 0. The predicted octanol–water partition coefficient (Wildman–Crippen LogP) is 5.62. The summed E-state index contributed by atoms with van der Waals surface area (Å²) in [5.41, 5.74) is 2.19. The van der Waals surface area contributed by atoms with E-state index in [2.05, 4.69) is 5.92 Å². The van der Waals surface area contributed by atoms with Crippen LogP contribution < -0.4 is 0 Å². The Morgan fingerprint density at radius 3 is 2.33 bits per heavy atom. The van der Waals surface area contributed by atoms with Crippen molar-refractivity contribution in [1.29, 1.82) is 0 Å². The third-order valence-electron chi connectivity index (χ3n) is 1.85. The second-order valence-electron chi connectivity index (χ2n) is 3.01. The number of hydrogen-bond donors (Lipinski definition) is 0. The van der Waals surface area contributed by atoms with E-state index in [4.69, 9.17) is 10.8 Å². The molecule has 0 radical (unpaired) electrons. The third kappa shape index (κ3) is 7.57. The van der Waals surface area contributed by atoms with Gasteiger partial charge in [-0.1, -0.05) is 45.9 Å². The molecule has 0 saturated heterocycles. The molecule has 0 saturated carbocycles. The number of allylic oxidation sites excluding steroid dienone is 4. The van der Waals surface area contributed by atoms with Crippen LogP contribution in [0.25, 0.3) is 5.57 Å². The molecule has 0 bridgehead atoms. The zero-order chi connectivity index (χ0) is 14.4. The molecule has 0 aliphatic carbocycles. The minimum atomic E-state index is 0.643. The van der Waals surface area contributed by atoms with Crippen LogP contribution in [0.2, 0.25) is 0 Å². The minimum Gasteiger partial charge on any atom is -0.469 e. The molecule has 0 fully saturated rings. The lowest BCUT2D eigenvalue weighted by Crippen LogP contribution is -1.76. The molecule has 0 unspecified atom stereocenters. The molecule has 1 aromatic heterocycles. The first-order valence-electron chi connectivity index (χ1n) is 6.59. The first kappa shape index (κ1) is 18.7. The van der Waals surface area contributed by atoms with Crippen molar-refractivity contribution in [3.63, 3.8) is 0 Å². The highest BCUT2D eigenvalue weighted by atomic mass is 16.3. The van der Waals surface area contributed by atoms with Gasteiger partial charge in [0.25, 0.3) is 0 Å². The van der Waals surface area contributed by atoms with Crippen LogP contribution in [0.15, 0.2) is 35.0 Å². The second kappa shape index (κ2) is 13.4. The molecule has 100 valence electrons. The van der Waals surface area contributed by atoms with E-state index in [-0.39, 0.29) is 0 Å². The Labute approximate surface area is 113 Å². The molecule has 1 aromatic rings. The van der Waals surface area contributed by atoms with Gasteiger partial charge in [-0.25, -0.2) is 0 Å². The molecule has 0 spiro atoms. The minimum absolute atomic E-state index is 0.643. The monoisotopic (exact) mass is 246 g/mol. The van der Waals surface area contributed by atoms with Gasteiger partial charge in [0.1, 0.15) is 5.76 Å². The molecule has 1 heteroatoms. The van der Waals surface area contributed by atoms with Crippen LogP contribution in [-0.2, 0) is 0 Å². The molecule has 0 N–H and O–H groups in total. The number of terminal acetylenes is 1. The fraction of sp³-hybridized carbons (Fsp3) is 0.412. The van der Waals surface area contributed by atoms with Gasteiger partial charge in [0.15, 0.2) is 0 Å². The Bertz CT molecular complexity index is 386. The summed E-state index contributed by atoms with van der Waals surface area (Å²) >= 11 is 0. The molecular weight excluding hydrogens is 220 g/mol. The zero-order valence-electron chi connectivity index (χ0n) is 12.6. The highest BCUT2D eigenvalue weighted by Gasteiger charge is 2.00. The zero-order valence-corrected chi connectivity index (χ0v) is 12.6. The van der Waals surface area contributed by atoms with Gasteiger partial charge >= 0.3 is 0 Å². The number of hydrogen-bond acceptors (Lipinski definition) is 1. The summed E-state index contributed by atoms with van der Waals surface area (Å²) in [4.78, 5) is 0. The van der Waals surface area contributed by atoms with Crippen molar-refractivity contribution >= 4 is 5.57 Å². The van der Waals surface area contributed by atoms with Crippen molar-refractivity contribution in [2.45, 2.75) is 48.0 Å². The van der Waals surface area contributed by atoms with Crippen LogP contribution in [0.1, 0.15) is 52.4 Å². The van der Waals surface area contributed by atoms with Gasteiger partial charge in [-0.05, 0) is 25.5 Å². The Kier molecular flexibility index (Phi) is 13.9. The predicted molar refractivity (Wildman–Crippen MR) is 82.4 cm³/mol. The van der Waals surface area contributed by atoms with Gasteiger partial charge in [0.2, 0.25) is 0 Å². The van der Waals surface area contributed by atoms with Crippen LogP contribution in [0.4, 0.5) is 0 Å². The summed E-state index contributed by atoms with van der Waals surface area (Å²) in [6.45, 7) is 11.9. The summed E-state index contributed by atoms with van der Waals surface area (Å²) in [5, 5.41) is 0. The van der Waals surface area contributed by atoms with Gasteiger partial charge in [-0.2, -0.15) is 0 Å². The van der Waals surface area contributed by atoms with E-state index in [1.165, 1.54) is 0 Å². The number of furan rings is 1. The Morgan fingerprint density at radius 1 is 1.33 bits per heavy atom. The number of rotatable bonds is 3. The van der Waals surface area contributed by atoms with Crippen LogP contribution in [0.5, 0.6) is 0 Å². The summed E-state index contributed by atoms with van der Waals surface area (Å²) in [5.74, 6) is 3.51. The van der Waals surface area contributed by atoms with E-state index in [0.717, 1.165) is 16.9 Å². The van der Waals surface area contributed by atoms with Crippen LogP contribution in [-0.4, -0.2) is 0 Å². The molecular formula is C17H26O. The normalized spacial score (nSPS) is 9.94. The highest BCUT2D eigenvalue weighted by Crippen LogP contribution is 2.19. The average Bonchev–Trinajstić information content (AvgIpc) is 2.86. The Morgan fingerprint density at radius 2 is 1.94 bits per heavy atom. The van der Waals surface area contributed by atoms with E-state index in [9.17, 15) is 0 Å². The van der Waals surface area contributed by atoms with Crippen molar-refractivity contribution in [1.82, 2.24) is 0 Å². The maximum Gasteiger partial charge on any atom is 0.101 e. The molecule has 1 nitrogen and oxygen atoms in total. The summed E-state index contributed by atoms with van der Waals surface area (Å²) < 4.78 is 5.25. The van der Waals surface area contributed by atoms with Gasteiger partial charge < -0.3 is 4.42 Å². The summed E-state index contributed by atoms with van der Waals surface area (Å²) in [6.07, 6.45) is 13.6. The molecule has 0 atom stereocenters. The first-order valence-corrected chi connectivity index (χ1v) is 6.59. The quantitative estimate of drug-likeness (QED) is 0.498. The highest BCUT2D eigenvalue weighted by molar-refractivity contribution is 5.73. The Hall–Kier alpha value is -1.68. The van der Waals surface area contributed by atoms with Crippen molar-refractivity contribution in [2.24, 2.45) is 0 Å². The fourth-order valence-corrected chi connectivity index (χ4v) is 1.23. The van der Waals surface area contributed by atoms with E-state index in [1.54, 1.807) is 6.26 Å². The maximum atomic E-state index is 5.25. The smallest absolute Gasteiger partial charge is 0.101 e.